The second kappa shape index (κ2) is 6.18. The first-order valence-corrected chi connectivity index (χ1v) is 3.74. The van der Waals surface area contributed by atoms with Crippen LogP contribution in [0.1, 0.15) is 20.3 Å². The molecule has 0 aromatic heterocycles. The van der Waals surface area contributed by atoms with E-state index in [2.05, 4.69) is 5.16 Å². The molecule has 1 unspecified atom stereocenters. The van der Waals surface area contributed by atoms with Crippen molar-refractivity contribution in [2.45, 2.75) is 20.3 Å². The van der Waals surface area contributed by atoms with Gasteiger partial charge in [-0.2, -0.15) is 10.5 Å². The van der Waals surface area contributed by atoms with Crippen LogP contribution in [0.3, 0.4) is 0 Å². The number of nitriles is 2. The van der Waals surface area contributed by atoms with E-state index in [1.165, 1.54) is 0 Å². The maximum atomic E-state index is 8.27. The van der Waals surface area contributed by atoms with Crippen molar-refractivity contribution in [2.75, 3.05) is 6.61 Å². The summed E-state index contributed by atoms with van der Waals surface area (Å²) >= 11 is 0. The fraction of sp³-hybridized carbons (Fsp3) is 0.625. The zero-order chi connectivity index (χ0) is 9.40. The molecule has 12 heavy (non-hydrogen) atoms. The van der Waals surface area contributed by atoms with Crippen molar-refractivity contribution in [1.82, 2.24) is 0 Å². The summed E-state index contributed by atoms with van der Waals surface area (Å²) in [7, 11) is 0. The Hall–Kier alpha value is -1.55. The molecule has 1 atom stereocenters. The van der Waals surface area contributed by atoms with Gasteiger partial charge in [0.2, 0.25) is 0 Å². The molecule has 64 valence electrons. The molecule has 0 fully saturated rings. The Balaban J connectivity index is 3.76. The lowest BCUT2D eigenvalue weighted by Crippen LogP contribution is -2.02. The molecule has 0 saturated carbocycles. The molecule has 0 aliphatic heterocycles. The first-order valence-electron chi connectivity index (χ1n) is 3.74. The van der Waals surface area contributed by atoms with Gasteiger partial charge in [0.15, 0.2) is 0 Å². The summed E-state index contributed by atoms with van der Waals surface area (Å²) in [6, 6.07) is 3.21. The minimum absolute atomic E-state index is 0.238. The molecule has 4 nitrogen and oxygen atoms in total. The maximum Gasteiger partial charge on any atom is 0.256 e. The van der Waals surface area contributed by atoms with E-state index in [0.717, 1.165) is 6.42 Å². The van der Waals surface area contributed by atoms with Gasteiger partial charge in [-0.3, -0.25) is 0 Å². The second-order valence-electron chi connectivity index (χ2n) is 2.47. The van der Waals surface area contributed by atoms with E-state index in [1.54, 1.807) is 12.1 Å². The molecule has 0 aromatic carbocycles. The fourth-order valence-electron chi connectivity index (χ4n) is 0.413. The highest BCUT2D eigenvalue weighted by atomic mass is 16.6. The zero-order valence-electron chi connectivity index (χ0n) is 7.24. The lowest BCUT2D eigenvalue weighted by molar-refractivity contribution is 0.112. The van der Waals surface area contributed by atoms with Gasteiger partial charge in [-0.1, -0.05) is 25.4 Å². The number of hydrogen-bond acceptors (Lipinski definition) is 4. The van der Waals surface area contributed by atoms with E-state index in [1.807, 2.05) is 13.8 Å². The molecule has 0 heterocycles. The topological polar surface area (TPSA) is 69.2 Å². The highest BCUT2D eigenvalue weighted by Gasteiger charge is 1.99. The summed E-state index contributed by atoms with van der Waals surface area (Å²) in [6.45, 7) is 4.49. The first kappa shape index (κ1) is 10.4. The molecule has 0 aliphatic rings. The summed E-state index contributed by atoms with van der Waals surface area (Å²) in [5.74, 6) is 0.396. The van der Waals surface area contributed by atoms with Gasteiger partial charge in [-0.05, 0) is 5.92 Å². The first-order chi connectivity index (χ1) is 5.74. The molecular formula is C8H11N3O. The molecule has 0 radical (unpaired) electrons. The Labute approximate surface area is 72.0 Å². The van der Waals surface area contributed by atoms with Crippen LogP contribution in [0, 0.1) is 28.6 Å². The quantitative estimate of drug-likeness (QED) is 0.467. The molecule has 4 heteroatoms. The van der Waals surface area contributed by atoms with Crippen molar-refractivity contribution in [3.63, 3.8) is 0 Å². The molecular weight excluding hydrogens is 154 g/mol. The van der Waals surface area contributed by atoms with Crippen LogP contribution in [0.5, 0.6) is 0 Å². The third-order valence-electron chi connectivity index (χ3n) is 1.42. The van der Waals surface area contributed by atoms with Crippen LogP contribution >= 0.6 is 0 Å². The molecule has 0 rings (SSSR count). The van der Waals surface area contributed by atoms with E-state index >= 15 is 0 Å². The van der Waals surface area contributed by atoms with Crippen molar-refractivity contribution in [3.05, 3.63) is 0 Å². The van der Waals surface area contributed by atoms with Crippen molar-refractivity contribution in [3.8, 4) is 12.1 Å². The third kappa shape index (κ3) is 4.29. The molecule has 0 saturated heterocycles. The molecule has 0 aromatic rings. The Morgan fingerprint density at radius 1 is 1.50 bits per heavy atom. The minimum atomic E-state index is -0.238. The monoisotopic (exact) mass is 165 g/mol. The summed E-state index contributed by atoms with van der Waals surface area (Å²) in [5.41, 5.74) is -0.238. The highest BCUT2D eigenvalue weighted by Crippen LogP contribution is 2.00. The Morgan fingerprint density at radius 2 is 2.08 bits per heavy atom. The van der Waals surface area contributed by atoms with Crippen LogP contribution in [-0.4, -0.2) is 12.3 Å². The average Bonchev–Trinajstić information content (AvgIpc) is 2.12. The number of oxime groups is 1. The van der Waals surface area contributed by atoms with Crippen LogP contribution in [0.15, 0.2) is 5.16 Å². The normalized spacial score (nSPS) is 10.7. The van der Waals surface area contributed by atoms with Gasteiger partial charge in [0.1, 0.15) is 18.7 Å². The van der Waals surface area contributed by atoms with E-state index < -0.39 is 0 Å². The minimum Gasteiger partial charge on any atom is -0.394 e. The molecule has 0 aliphatic carbocycles. The van der Waals surface area contributed by atoms with Crippen LogP contribution in [-0.2, 0) is 4.84 Å². The van der Waals surface area contributed by atoms with E-state index in [4.69, 9.17) is 15.4 Å². The molecule has 0 spiro atoms. The van der Waals surface area contributed by atoms with E-state index in [0.29, 0.717) is 12.5 Å². The Kier molecular flexibility index (Phi) is 5.38. The average molecular weight is 165 g/mol. The second-order valence-corrected chi connectivity index (χ2v) is 2.47. The van der Waals surface area contributed by atoms with Gasteiger partial charge in [0.05, 0.1) is 0 Å². The van der Waals surface area contributed by atoms with Gasteiger partial charge in [0, 0.05) is 0 Å². The molecule has 0 N–H and O–H groups in total. The largest absolute Gasteiger partial charge is 0.394 e. The van der Waals surface area contributed by atoms with Crippen molar-refractivity contribution < 1.29 is 4.84 Å². The smallest absolute Gasteiger partial charge is 0.256 e. The van der Waals surface area contributed by atoms with Crippen LogP contribution < -0.4 is 0 Å². The van der Waals surface area contributed by atoms with Crippen LogP contribution in [0.4, 0.5) is 0 Å². The number of hydrogen-bond donors (Lipinski definition) is 0. The predicted octanol–water partition coefficient (Wildman–Crippen LogP) is 1.45. The van der Waals surface area contributed by atoms with Crippen molar-refractivity contribution >= 4 is 5.71 Å². The van der Waals surface area contributed by atoms with Gasteiger partial charge in [0.25, 0.3) is 5.71 Å². The predicted molar refractivity (Wildman–Crippen MR) is 44.1 cm³/mol. The van der Waals surface area contributed by atoms with Gasteiger partial charge in [-0.15, -0.1) is 0 Å². The highest BCUT2D eigenvalue weighted by molar-refractivity contribution is 6.09. The Bertz CT molecular complexity index is 218. The van der Waals surface area contributed by atoms with Crippen LogP contribution in [0.2, 0.25) is 0 Å². The fourth-order valence-corrected chi connectivity index (χ4v) is 0.413. The van der Waals surface area contributed by atoms with Gasteiger partial charge < -0.3 is 4.84 Å². The summed E-state index contributed by atoms with van der Waals surface area (Å²) < 4.78 is 0. The lowest BCUT2D eigenvalue weighted by Gasteiger charge is -2.04. The molecule has 0 amide bonds. The van der Waals surface area contributed by atoms with Gasteiger partial charge in [-0.25, -0.2) is 0 Å². The zero-order valence-corrected chi connectivity index (χ0v) is 7.24. The third-order valence-corrected chi connectivity index (χ3v) is 1.42. The van der Waals surface area contributed by atoms with E-state index in [9.17, 15) is 0 Å². The van der Waals surface area contributed by atoms with E-state index in [-0.39, 0.29) is 5.71 Å². The SMILES string of the molecule is CCC(C)CON=C(C#N)C#N. The van der Waals surface area contributed by atoms with Crippen LogP contribution in [0.25, 0.3) is 0 Å². The van der Waals surface area contributed by atoms with Crippen molar-refractivity contribution in [1.29, 1.82) is 10.5 Å². The maximum absolute atomic E-state index is 8.27. The molecule has 0 bridgehead atoms. The van der Waals surface area contributed by atoms with Gasteiger partial charge >= 0.3 is 0 Å². The number of nitrogens with zero attached hydrogens (tertiary/aromatic N) is 3. The summed E-state index contributed by atoms with van der Waals surface area (Å²) in [6.07, 6.45) is 0.990. The summed E-state index contributed by atoms with van der Waals surface area (Å²) in [5, 5.41) is 19.9. The number of rotatable bonds is 4. The Morgan fingerprint density at radius 3 is 2.50 bits per heavy atom. The lowest BCUT2D eigenvalue weighted by atomic mass is 10.1. The van der Waals surface area contributed by atoms with Crippen molar-refractivity contribution in [2.24, 2.45) is 11.1 Å². The standard InChI is InChI=1S/C8H11N3O/c1-3-7(2)6-12-11-8(4-9)5-10/h7H,3,6H2,1-2H3. The summed E-state index contributed by atoms with van der Waals surface area (Å²) in [4.78, 5) is 4.77.